The number of halogens is 1. The van der Waals surface area contributed by atoms with Crippen LogP contribution in [-0.4, -0.2) is 18.2 Å². The lowest BCUT2D eigenvalue weighted by atomic mass is 10.1. The minimum atomic E-state index is -0.273. The molecule has 0 aromatic heterocycles. The van der Waals surface area contributed by atoms with Gasteiger partial charge >= 0.3 is 0 Å². The van der Waals surface area contributed by atoms with Crippen molar-refractivity contribution in [2.75, 3.05) is 18.0 Å². The highest BCUT2D eigenvalue weighted by Gasteiger charge is 2.18. The third kappa shape index (κ3) is 1.40. The SMILES string of the molecule is OCc1cccc(N2CCC2)c1F. The first-order valence-corrected chi connectivity index (χ1v) is 4.46. The molecule has 0 amide bonds. The monoisotopic (exact) mass is 181 g/mol. The molecule has 1 aromatic carbocycles. The summed E-state index contributed by atoms with van der Waals surface area (Å²) in [5.74, 6) is -0.273. The molecule has 0 spiro atoms. The van der Waals surface area contributed by atoms with E-state index >= 15 is 0 Å². The summed E-state index contributed by atoms with van der Waals surface area (Å²) in [6, 6.07) is 5.15. The number of anilines is 1. The van der Waals surface area contributed by atoms with E-state index in [0.717, 1.165) is 19.5 Å². The Morgan fingerprint density at radius 2 is 2.15 bits per heavy atom. The van der Waals surface area contributed by atoms with E-state index in [2.05, 4.69) is 0 Å². The molecule has 0 atom stereocenters. The first-order valence-electron chi connectivity index (χ1n) is 4.46. The molecule has 0 radical (unpaired) electrons. The predicted molar refractivity (Wildman–Crippen MR) is 49.2 cm³/mol. The fraction of sp³-hybridized carbons (Fsp3) is 0.400. The van der Waals surface area contributed by atoms with Gasteiger partial charge in [-0.05, 0) is 12.5 Å². The van der Waals surface area contributed by atoms with Crippen LogP contribution in [0.5, 0.6) is 0 Å². The van der Waals surface area contributed by atoms with Gasteiger partial charge in [-0.1, -0.05) is 12.1 Å². The van der Waals surface area contributed by atoms with Crippen molar-refractivity contribution in [3.63, 3.8) is 0 Å². The van der Waals surface area contributed by atoms with Gasteiger partial charge in [0.2, 0.25) is 0 Å². The van der Waals surface area contributed by atoms with Crippen LogP contribution in [0.1, 0.15) is 12.0 Å². The van der Waals surface area contributed by atoms with Crippen LogP contribution in [0.3, 0.4) is 0 Å². The maximum Gasteiger partial charge on any atom is 0.151 e. The lowest BCUT2D eigenvalue weighted by Crippen LogP contribution is -2.37. The van der Waals surface area contributed by atoms with Gasteiger partial charge in [0, 0.05) is 18.7 Å². The molecule has 1 aliphatic heterocycles. The van der Waals surface area contributed by atoms with Crippen molar-refractivity contribution in [2.45, 2.75) is 13.0 Å². The molecule has 0 saturated carbocycles. The molecular weight excluding hydrogens is 169 g/mol. The van der Waals surface area contributed by atoms with Crippen molar-refractivity contribution in [1.29, 1.82) is 0 Å². The summed E-state index contributed by atoms with van der Waals surface area (Å²) in [6.07, 6.45) is 1.13. The van der Waals surface area contributed by atoms with Crippen LogP contribution in [-0.2, 0) is 6.61 Å². The molecule has 0 aliphatic carbocycles. The van der Waals surface area contributed by atoms with Crippen LogP contribution >= 0.6 is 0 Å². The van der Waals surface area contributed by atoms with Gasteiger partial charge in [0.25, 0.3) is 0 Å². The molecule has 1 fully saturated rings. The number of aliphatic hydroxyl groups excluding tert-OH is 1. The van der Waals surface area contributed by atoms with Gasteiger partial charge in [0.05, 0.1) is 12.3 Å². The van der Waals surface area contributed by atoms with Crippen molar-refractivity contribution in [3.8, 4) is 0 Å². The summed E-state index contributed by atoms with van der Waals surface area (Å²) < 4.78 is 13.5. The van der Waals surface area contributed by atoms with Gasteiger partial charge in [-0.3, -0.25) is 0 Å². The van der Waals surface area contributed by atoms with Crippen molar-refractivity contribution in [2.24, 2.45) is 0 Å². The third-order valence-electron chi connectivity index (χ3n) is 2.43. The topological polar surface area (TPSA) is 23.5 Å². The first-order chi connectivity index (χ1) is 6.33. The Kier molecular flexibility index (Phi) is 2.19. The minimum absolute atomic E-state index is 0.229. The van der Waals surface area contributed by atoms with E-state index in [0.29, 0.717) is 11.3 Å². The largest absolute Gasteiger partial charge is 0.392 e. The molecule has 0 unspecified atom stereocenters. The zero-order valence-corrected chi connectivity index (χ0v) is 7.33. The molecule has 2 nitrogen and oxygen atoms in total. The lowest BCUT2D eigenvalue weighted by Gasteiger charge is -2.33. The van der Waals surface area contributed by atoms with E-state index in [9.17, 15) is 4.39 Å². The quantitative estimate of drug-likeness (QED) is 0.747. The second kappa shape index (κ2) is 3.34. The Bertz CT molecular complexity index is 310. The fourth-order valence-corrected chi connectivity index (χ4v) is 1.49. The highest BCUT2D eigenvalue weighted by Crippen LogP contribution is 2.25. The average Bonchev–Trinajstić information content (AvgIpc) is 2.05. The highest BCUT2D eigenvalue weighted by atomic mass is 19.1. The fourth-order valence-electron chi connectivity index (χ4n) is 1.49. The van der Waals surface area contributed by atoms with Gasteiger partial charge in [-0.2, -0.15) is 0 Å². The Morgan fingerprint density at radius 1 is 1.38 bits per heavy atom. The van der Waals surface area contributed by atoms with Crippen LogP contribution in [0.25, 0.3) is 0 Å². The molecule has 1 heterocycles. The molecule has 1 saturated heterocycles. The van der Waals surface area contributed by atoms with Crippen LogP contribution in [0.2, 0.25) is 0 Å². The second-order valence-corrected chi connectivity index (χ2v) is 3.25. The summed E-state index contributed by atoms with van der Waals surface area (Å²) in [5, 5.41) is 8.86. The molecule has 3 heteroatoms. The Morgan fingerprint density at radius 3 is 2.69 bits per heavy atom. The van der Waals surface area contributed by atoms with Crippen molar-refractivity contribution < 1.29 is 9.50 Å². The molecule has 70 valence electrons. The lowest BCUT2D eigenvalue weighted by molar-refractivity contribution is 0.275. The van der Waals surface area contributed by atoms with Gasteiger partial charge in [-0.25, -0.2) is 4.39 Å². The number of nitrogens with zero attached hydrogens (tertiary/aromatic N) is 1. The smallest absolute Gasteiger partial charge is 0.151 e. The molecule has 1 aromatic rings. The van der Waals surface area contributed by atoms with Gasteiger partial charge in [-0.15, -0.1) is 0 Å². The normalized spacial score (nSPS) is 15.7. The van der Waals surface area contributed by atoms with Crippen molar-refractivity contribution in [3.05, 3.63) is 29.6 Å². The minimum Gasteiger partial charge on any atom is -0.392 e. The Labute approximate surface area is 76.6 Å². The summed E-state index contributed by atoms with van der Waals surface area (Å²) in [5.41, 5.74) is 1.00. The van der Waals surface area contributed by atoms with Gasteiger partial charge in [0.1, 0.15) is 0 Å². The second-order valence-electron chi connectivity index (χ2n) is 3.25. The molecule has 1 aliphatic rings. The zero-order chi connectivity index (χ0) is 9.26. The third-order valence-corrected chi connectivity index (χ3v) is 2.43. The molecule has 2 rings (SSSR count). The average molecular weight is 181 g/mol. The summed E-state index contributed by atoms with van der Waals surface area (Å²) in [6.45, 7) is 1.62. The van der Waals surface area contributed by atoms with Crippen LogP contribution in [0.15, 0.2) is 18.2 Å². The van der Waals surface area contributed by atoms with E-state index in [1.807, 2.05) is 4.90 Å². The molecule has 1 N–H and O–H groups in total. The van der Waals surface area contributed by atoms with E-state index in [-0.39, 0.29) is 12.4 Å². The summed E-state index contributed by atoms with van der Waals surface area (Å²) >= 11 is 0. The van der Waals surface area contributed by atoms with E-state index < -0.39 is 0 Å². The van der Waals surface area contributed by atoms with E-state index in [4.69, 9.17) is 5.11 Å². The standard InChI is InChI=1S/C10H12FNO/c11-10-8(7-13)3-1-4-9(10)12-5-2-6-12/h1,3-4,13H,2,5-7H2. The number of hydrogen-bond acceptors (Lipinski definition) is 2. The maximum atomic E-state index is 13.5. The zero-order valence-electron chi connectivity index (χ0n) is 7.33. The number of rotatable bonds is 2. The van der Waals surface area contributed by atoms with E-state index in [1.165, 1.54) is 0 Å². The van der Waals surface area contributed by atoms with Crippen LogP contribution in [0, 0.1) is 5.82 Å². The summed E-state index contributed by atoms with van der Waals surface area (Å²) in [4.78, 5) is 1.98. The van der Waals surface area contributed by atoms with Gasteiger partial charge < -0.3 is 10.0 Å². The summed E-state index contributed by atoms with van der Waals surface area (Å²) in [7, 11) is 0. The van der Waals surface area contributed by atoms with Gasteiger partial charge in [0.15, 0.2) is 5.82 Å². The van der Waals surface area contributed by atoms with E-state index in [1.54, 1.807) is 18.2 Å². The number of benzene rings is 1. The highest BCUT2D eigenvalue weighted by molar-refractivity contribution is 5.51. The molecule has 0 bridgehead atoms. The van der Waals surface area contributed by atoms with Crippen molar-refractivity contribution >= 4 is 5.69 Å². The molecular formula is C10H12FNO. The van der Waals surface area contributed by atoms with Crippen LogP contribution < -0.4 is 4.90 Å². The Balaban J connectivity index is 2.33. The van der Waals surface area contributed by atoms with Crippen LogP contribution in [0.4, 0.5) is 10.1 Å². The van der Waals surface area contributed by atoms with Crippen molar-refractivity contribution in [1.82, 2.24) is 0 Å². The Hall–Kier alpha value is -1.09. The predicted octanol–water partition coefficient (Wildman–Crippen LogP) is 1.53. The number of hydrogen-bond donors (Lipinski definition) is 1. The number of aliphatic hydroxyl groups is 1. The molecule has 13 heavy (non-hydrogen) atoms. The first kappa shape index (κ1) is 8.51. The maximum absolute atomic E-state index is 13.5.